The third-order valence-corrected chi connectivity index (χ3v) is 4.80. The number of ether oxygens (including phenoxy) is 1. The molecule has 0 spiro atoms. The number of rotatable bonds is 5. The van der Waals surface area contributed by atoms with Crippen molar-refractivity contribution in [1.82, 2.24) is 0 Å². The third-order valence-electron chi connectivity index (χ3n) is 2.92. The number of thiophene rings is 1. The van der Waals surface area contributed by atoms with Crippen molar-refractivity contribution in [2.75, 3.05) is 6.61 Å². The molecular weight excluding hydrogens is 358 g/mol. The van der Waals surface area contributed by atoms with Gasteiger partial charge in [-0.1, -0.05) is 0 Å². The average Bonchev–Trinajstić information content (AvgIpc) is 2.83. The largest absolute Gasteiger partial charge is 0.485 e. The second kappa shape index (κ2) is 6.36. The first-order valence-corrected chi connectivity index (χ1v) is 7.72. The molecule has 5 nitrogen and oxygen atoms in total. The lowest BCUT2D eigenvalue weighted by Gasteiger charge is -2.09. The van der Waals surface area contributed by atoms with Crippen LogP contribution in [0.4, 0.5) is 5.69 Å². The molecule has 1 aromatic heterocycles. The summed E-state index contributed by atoms with van der Waals surface area (Å²) < 4.78 is 6.18. The first kappa shape index (κ1) is 15.7. The van der Waals surface area contributed by atoms with Gasteiger partial charge in [0.15, 0.2) is 6.61 Å². The molecule has 7 heteroatoms. The molecule has 0 atom stereocenters. The highest BCUT2D eigenvalue weighted by Gasteiger charge is 2.17. The lowest BCUT2D eigenvalue weighted by molar-refractivity contribution is -0.385. The second-order valence-corrected chi connectivity index (χ2v) is 6.24. The Morgan fingerprint density at radius 3 is 2.67 bits per heavy atom. The van der Waals surface area contributed by atoms with Crippen molar-refractivity contribution in [2.45, 2.75) is 13.8 Å². The highest BCUT2D eigenvalue weighted by Crippen LogP contribution is 2.29. The fourth-order valence-electron chi connectivity index (χ4n) is 1.88. The smallest absolute Gasteiger partial charge is 0.276 e. The SMILES string of the molecule is Cc1cc(C)c([N+](=O)[O-])cc1OCC(=O)c1sccc1Br. The van der Waals surface area contributed by atoms with Gasteiger partial charge in [0, 0.05) is 10.0 Å². The van der Waals surface area contributed by atoms with Crippen molar-refractivity contribution in [2.24, 2.45) is 0 Å². The Balaban J connectivity index is 2.17. The van der Waals surface area contributed by atoms with E-state index in [2.05, 4.69) is 15.9 Å². The minimum atomic E-state index is -0.459. The van der Waals surface area contributed by atoms with Gasteiger partial charge >= 0.3 is 0 Å². The number of ketones is 1. The fraction of sp³-hybridized carbons (Fsp3) is 0.214. The van der Waals surface area contributed by atoms with Crippen LogP contribution in [0.15, 0.2) is 28.1 Å². The second-order valence-electron chi connectivity index (χ2n) is 4.47. The maximum atomic E-state index is 12.0. The van der Waals surface area contributed by atoms with Crippen molar-refractivity contribution >= 4 is 38.7 Å². The van der Waals surface area contributed by atoms with Crippen LogP contribution in [0.3, 0.4) is 0 Å². The predicted octanol–water partition coefficient (Wildman–Crippen LogP) is 4.30. The summed E-state index contributed by atoms with van der Waals surface area (Å²) in [7, 11) is 0. The zero-order valence-corrected chi connectivity index (χ0v) is 13.8. The van der Waals surface area contributed by atoms with E-state index in [4.69, 9.17) is 4.74 Å². The Labute approximate surface area is 133 Å². The van der Waals surface area contributed by atoms with Crippen molar-refractivity contribution in [3.05, 3.63) is 54.2 Å². The molecule has 0 fully saturated rings. The van der Waals surface area contributed by atoms with Crippen LogP contribution in [0, 0.1) is 24.0 Å². The van der Waals surface area contributed by atoms with E-state index in [9.17, 15) is 14.9 Å². The van der Waals surface area contributed by atoms with Gasteiger partial charge in [-0.2, -0.15) is 0 Å². The normalized spacial score (nSPS) is 10.4. The van der Waals surface area contributed by atoms with Gasteiger partial charge in [0.25, 0.3) is 5.69 Å². The molecule has 0 unspecified atom stereocenters. The number of nitro benzene ring substituents is 1. The van der Waals surface area contributed by atoms with Crippen LogP contribution in [-0.2, 0) is 0 Å². The number of benzene rings is 1. The van der Waals surface area contributed by atoms with Crippen molar-refractivity contribution in [1.29, 1.82) is 0 Å². The Hall–Kier alpha value is -1.73. The fourth-order valence-corrected chi connectivity index (χ4v) is 3.40. The molecular formula is C14H12BrNO4S. The first-order chi connectivity index (χ1) is 9.90. The Bertz CT molecular complexity index is 711. The van der Waals surface area contributed by atoms with Crippen LogP contribution in [0.5, 0.6) is 5.75 Å². The maximum absolute atomic E-state index is 12.0. The van der Waals surface area contributed by atoms with E-state index in [0.29, 0.717) is 16.2 Å². The third kappa shape index (κ3) is 3.48. The van der Waals surface area contributed by atoms with E-state index < -0.39 is 4.92 Å². The summed E-state index contributed by atoms with van der Waals surface area (Å²) >= 11 is 4.62. The van der Waals surface area contributed by atoms with Gasteiger partial charge in [-0.15, -0.1) is 11.3 Å². The van der Waals surface area contributed by atoms with E-state index in [0.717, 1.165) is 10.0 Å². The number of carbonyl (C=O) groups is 1. The zero-order valence-electron chi connectivity index (χ0n) is 11.4. The summed E-state index contributed by atoms with van der Waals surface area (Å²) in [6.45, 7) is 3.31. The molecule has 0 aliphatic rings. The minimum absolute atomic E-state index is 0.0136. The standard InChI is InChI=1S/C14H12BrNO4S/c1-8-5-9(2)13(6-11(8)16(18)19)20-7-12(17)14-10(15)3-4-21-14/h3-6H,7H2,1-2H3. The first-order valence-electron chi connectivity index (χ1n) is 6.04. The lowest BCUT2D eigenvalue weighted by Crippen LogP contribution is -2.11. The molecule has 1 aromatic carbocycles. The maximum Gasteiger partial charge on any atom is 0.276 e. The molecule has 0 radical (unpaired) electrons. The van der Waals surface area contributed by atoms with E-state index in [1.165, 1.54) is 17.4 Å². The van der Waals surface area contributed by atoms with Crippen LogP contribution in [0.1, 0.15) is 20.8 Å². The number of carbonyl (C=O) groups excluding carboxylic acids is 1. The molecule has 0 amide bonds. The average molecular weight is 370 g/mol. The highest BCUT2D eigenvalue weighted by atomic mass is 79.9. The van der Waals surface area contributed by atoms with Gasteiger partial charge in [0.05, 0.1) is 15.9 Å². The van der Waals surface area contributed by atoms with E-state index >= 15 is 0 Å². The summed E-state index contributed by atoms with van der Waals surface area (Å²) in [6.07, 6.45) is 0. The molecule has 0 N–H and O–H groups in total. The van der Waals surface area contributed by atoms with Gasteiger partial charge in [-0.25, -0.2) is 0 Å². The van der Waals surface area contributed by atoms with Crippen LogP contribution in [-0.4, -0.2) is 17.3 Å². The van der Waals surface area contributed by atoms with Crippen LogP contribution in [0.25, 0.3) is 0 Å². The molecule has 0 bridgehead atoms. The molecule has 0 saturated heterocycles. The number of hydrogen-bond donors (Lipinski definition) is 0. The van der Waals surface area contributed by atoms with Crippen LogP contribution < -0.4 is 4.74 Å². The Morgan fingerprint density at radius 1 is 1.38 bits per heavy atom. The van der Waals surface area contributed by atoms with Gasteiger partial charge in [-0.05, 0) is 52.9 Å². The van der Waals surface area contributed by atoms with Crippen LogP contribution >= 0.6 is 27.3 Å². The number of aryl methyl sites for hydroxylation is 2. The van der Waals surface area contributed by atoms with Crippen molar-refractivity contribution in [3.8, 4) is 5.75 Å². The van der Waals surface area contributed by atoms with E-state index in [-0.39, 0.29) is 18.1 Å². The molecule has 110 valence electrons. The molecule has 2 aromatic rings. The quantitative estimate of drug-likeness (QED) is 0.447. The molecule has 1 heterocycles. The number of halogens is 1. The summed E-state index contributed by atoms with van der Waals surface area (Å²) in [5.74, 6) is 0.188. The molecule has 0 saturated carbocycles. The van der Waals surface area contributed by atoms with Crippen LogP contribution in [0.2, 0.25) is 0 Å². The summed E-state index contributed by atoms with van der Waals surface area (Å²) in [5.41, 5.74) is 1.31. The minimum Gasteiger partial charge on any atom is -0.485 e. The monoisotopic (exact) mass is 369 g/mol. The van der Waals surface area contributed by atoms with E-state index in [1.54, 1.807) is 31.4 Å². The molecule has 21 heavy (non-hydrogen) atoms. The Morgan fingerprint density at radius 2 is 2.10 bits per heavy atom. The van der Waals surface area contributed by atoms with Gasteiger partial charge < -0.3 is 4.74 Å². The highest BCUT2D eigenvalue weighted by molar-refractivity contribution is 9.10. The van der Waals surface area contributed by atoms with Gasteiger partial charge in [0.2, 0.25) is 5.78 Å². The summed E-state index contributed by atoms with van der Waals surface area (Å²) in [6, 6.07) is 4.83. The van der Waals surface area contributed by atoms with E-state index in [1.807, 2.05) is 0 Å². The van der Waals surface area contributed by atoms with Gasteiger partial charge in [-0.3, -0.25) is 14.9 Å². The Kier molecular flexibility index (Phi) is 4.74. The predicted molar refractivity (Wildman–Crippen MR) is 84.4 cm³/mol. The number of Topliss-reactive ketones (excluding diaryl/α,β-unsaturated/α-hetero) is 1. The van der Waals surface area contributed by atoms with Gasteiger partial charge in [0.1, 0.15) is 5.75 Å². The summed E-state index contributed by atoms with van der Waals surface area (Å²) in [4.78, 5) is 23.1. The number of nitro groups is 1. The lowest BCUT2D eigenvalue weighted by atomic mass is 10.1. The molecule has 0 aliphatic heterocycles. The van der Waals surface area contributed by atoms with Crippen molar-refractivity contribution < 1.29 is 14.5 Å². The van der Waals surface area contributed by atoms with Crippen molar-refractivity contribution in [3.63, 3.8) is 0 Å². The summed E-state index contributed by atoms with van der Waals surface area (Å²) in [5, 5.41) is 12.7. The zero-order chi connectivity index (χ0) is 15.6. The number of hydrogen-bond acceptors (Lipinski definition) is 5. The molecule has 2 rings (SSSR count). The topological polar surface area (TPSA) is 69.4 Å². The number of nitrogens with zero attached hydrogens (tertiary/aromatic N) is 1. The molecule has 0 aliphatic carbocycles.